The first kappa shape index (κ1) is 13.9. The molecule has 1 aliphatic heterocycles. The van der Waals surface area contributed by atoms with E-state index in [0.717, 1.165) is 49.0 Å². The first-order valence-electron chi connectivity index (χ1n) is 7.37. The van der Waals surface area contributed by atoms with E-state index in [0.29, 0.717) is 18.1 Å². The average Bonchev–Trinajstić information content (AvgIpc) is 2.87. The van der Waals surface area contributed by atoms with Crippen LogP contribution in [0.4, 0.5) is 0 Å². The van der Waals surface area contributed by atoms with Crippen LogP contribution in [0.1, 0.15) is 36.8 Å². The molecule has 1 aromatic rings. The molecule has 2 unspecified atom stereocenters. The molecular formula is C16H20ClNO2. The average molecular weight is 294 g/mol. The van der Waals surface area contributed by atoms with Gasteiger partial charge in [-0.25, -0.2) is 0 Å². The summed E-state index contributed by atoms with van der Waals surface area (Å²) in [5, 5.41) is 0.685. The molecule has 20 heavy (non-hydrogen) atoms. The molecule has 1 aliphatic carbocycles. The Morgan fingerprint density at radius 2 is 2.15 bits per heavy atom. The van der Waals surface area contributed by atoms with Crippen LogP contribution in [0.5, 0.6) is 5.75 Å². The zero-order chi connectivity index (χ0) is 14.1. The molecule has 1 fully saturated rings. The monoisotopic (exact) mass is 293 g/mol. The van der Waals surface area contributed by atoms with Crippen LogP contribution >= 0.6 is 11.6 Å². The van der Waals surface area contributed by atoms with Gasteiger partial charge in [0.15, 0.2) is 0 Å². The van der Waals surface area contributed by atoms with Gasteiger partial charge >= 0.3 is 0 Å². The molecule has 1 saturated carbocycles. The molecule has 0 spiro atoms. The van der Waals surface area contributed by atoms with Crippen molar-refractivity contribution in [2.45, 2.75) is 44.6 Å². The highest BCUT2D eigenvalue weighted by molar-refractivity contribution is 6.30. The van der Waals surface area contributed by atoms with Gasteiger partial charge in [-0.2, -0.15) is 0 Å². The van der Waals surface area contributed by atoms with Crippen LogP contribution in [-0.4, -0.2) is 18.4 Å². The third kappa shape index (κ3) is 2.70. The van der Waals surface area contributed by atoms with E-state index in [1.54, 1.807) is 0 Å². The van der Waals surface area contributed by atoms with Crippen molar-refractivity contribution >= 4 is 17.4 Å². The van der Waals surface area contributed by atoms with Gasteiger partial charge in [0.1, 0.15) is 11.5 Å². The minimum atomic E-state index is -0.000199. The predicted molar refractivity (Wildman–Crippen MR) is 79.3 cm³/mol. The van der Waals surface area contributed by atoms with Crippen LogP contribution in [0.15, 0.2) is 12.1 Å². The van der Waals surface area contributed by atoms with Crippen LogP contribution in [0.2, 0.25) is 5.02 Å². The Morgan fingerprint density at radius 3 is 2.95 bits per heavy atom. The van der Waals surface area contributed by atoms with Gasteiger partial charge in [0.05, 0.1) is 6.61 Å². The molecule has 2 atom stereocenters. The lowest BCUT2D eigenvalue weighted by Gasteiger charge is -2.27. The second-order valence-electron chi connectivity index (χ2n) is 5.85. The maximum atomic E-state index is 12.5. The third-order valence-corrected chi connectivity index (χ3v) is 4.64. The Kier molecular flexibility index (Phi) is 3.99. The second kappa shape index (κ2) is 5.74. The van der Waals surface area contributed by atoms with Crippen LogP contribution in [0.3, 0.4) is 0 Å². The van der Waals surface area contributed by atoms with Gasteiger partial charge < -0.3 is 10.5 Å². The van der Waals surface area contributed by atoms with E-state index in [4.69, 9.17) is 22.1 Å². The minimum Gasteiger partial charge on any atom is -0.493 e. The first-order chi connectivity index (χ1) is 9.65. The fraction of sp³-hybridized carbons (Fsp3) is 0.562. The van der Waals surface area contributed by atoms with E-state index in [1.807, 2.05) is 12.1 Å². The number of benzene rings is 1. The van der Waals surface area contributed by atoms with Crippen molar-refractivity contribution in [3.05, 3.63) is 28.3 Å². The number of ketones is 1. The standard InChI is InChI=1S/C16H20ClNO2/c17-12-7-10-5-6-20-16(10)11(8-12)9-15(19)13-3-1-2-4-14(13)18/h7-8,13-14H,1-6,9,18H2. The van der Waals surface area contributed by atoms with Crippen molar-refractivity contribution in [3.8, 4) is 5.75 Å². The summed E-state index contributed by atoms with van der Waals surface area (Å²) in [5.74, 6) is 1.10. The summed E-state index contributed by atoms with van der Waals surface area (Å²) < 4.78 is 5.66. The lowest BCUT2D eigenvalue weighted by Crippen LogP contribution is -2.38. The zero-order valence-corrected chi connectivity index (χ0v) is 12.3. The zero-order valence-electron chi connectivity index (χ0n) is 11.5. The molecule has 0 saturated heterocycles. The third-order valence-electron chi connectivity index (χ3n) is 4.42. The molecule has 1 aromatic carbocycles. The van der Waals surface area contributed by atoms with Crippen LogP contribution in [0.25, 0.3) is 0 Å². The van der Waals surface area contributed by atoms with Crippen molar-refractivity contribution in [2.24, 2.45) is 11.7 Å². The van der Waals surface area contributed by atoms with E-state index in [2.05, 4.69) is 0 Å². The molecule has 0 radical (unpaired) electrons. The summed E-state index contributed by atoms with van der Waals surface area (Å²) in [7, 11) is 0. The number of fused-ring (bicyclic) bond motifs is 1. The van der Waals surface area contributed by atoms with Crippen LogP contribution in [0, 0.1) is 5.92 Å². The van der Waals surface area contributed by atoms with Gasteiger partial charge in [-0.05, 0) is 30.5 Å². The molecule has 4 heteroatoms. The summed E-state index contributed by atoms with van der Waals surface area (Å²) in [6, 6.07) is 3.81. The molecule has 0 aromatic heterocycles. The smallest absolute Gasteiger partial charge is 0.142 e. The Labute approximate surface area is 124 Å². The Balaban J connectivity index is 1.79. The number of Topliss-reactive ketones (excluding diaryl/α,β-unsaturated/α-hetero) is 1. The Morgan fingerprint density at radius 1 is 1.35 bits per heavy atom. The molecule has 108 valence electrons. The highest BCUT2D eigenvalue weighted by atomic mass is 35.5. The summed E-state index contributed by atoms with van der Waals surface area (Å²) in [6.07, 6.45) is 5.39. The fourth-order valence-electron chi connectivity index (χ4n) is 3.36. The SMILES string of the molecule is NC1CCCCC1C(=O)Cc1cc(Cl)cc2c1OCC2. The fourth-order valence-corrected chi connectivity index (χ4v) is 3.62. The molecule has 3 rings (SSSR count). The number of nitrogens with two attached hydrogens (primary N) is 1. The van der Waals surface area contributed by atoms with E-state index >= 15 is 0 Å². The molecule has 2 aliphatic rings. The molecule has 1 heterocycles. The normalized spacial score (nSPS) is 25.1. The van der Waals surface area contributed by atoms with Crippen molar-refractivity contribution in [2.75, 3.05) is 6.61 Å². The van der Waals surface area contributed by atoms with Gasteiger partial charge in [0.2, 0.25) is 0 Å². The van der Waals surface area contributed by atoms with E-state index < -0.39 is 0 Å². The van der Waals surface area contributed by atoms with Crippen molar-refractivity contribution < 1.29 is 9.53 Å². The quantitative estimate of drug-likeness (QED) is 0.932. The Hall–Kier alpha value is -1.06. The van der Waals surface area contributed by atoms with Gasteiger partial charge in [0.25, 0.3) is 0 Å². The number of hydrogen-bond acceptors (Lipinski definition) is 3. The first-order valence-corrected chi connectivity index (χ1v) is 7.75. The molecule has 2 N–H and O–H groups in total. The highest BCUT2D eigenvalue weighted by Gasteiger charge is 2.29. The molecule has 0 bridgehead atoms. The van der Waals surface area contributed by atoms with Crippen LogP contribution < -0.4 is 10.5 Å². The van der Waals surface area contributed by atoms with Crippen molar-refractivity contribution in [3.63, 3.8) is 0 Å². The minimum absolute atomic E-state index is 0.000199. The number of hydrogen-bond donors (Lipinski definition) is 1. The number of rotatable bonds is 3. The molecular weight excluding hydrogens is 274 g/mol. The summed E-state index contributed by atoms with van der Waals surface area (Å²) in [4.78, 5) is 12.5. The molecule has 3 nitrogen and oxygen atoms in total. The molecule has 0 amide bonds. The summed E-state index contributed by atoms with van der Waals surface area (Å²) in [5.41, 5.74) is 8.14. The second-order valence-corrected chi connectivity index (χ2v) is 6.29. The van der Waals surface area contributed by atoms with Gasteiger partial charge in [-0.1, -0.05) is 24.4 Å². The largest absolute Gasteiger partial charge is 0.493 e. The van der Waals surface area contributed by atoms with Gasteiger partial charge in [-0.3, -0.25) is 4.79 Å². The highest BCUT2D eigenvalue weighted by Crippen LogP contribution is 2.34. The number of halogens is 1. The van der Waals surface area contributed by atoms with Crippen LogP contribution in [-0.2, 0) is 17.6 Å². The topological polar surface area (TPSA) is 52.3 Å². The number of carbonyl (C=O) groups is 1. The van der Waals surface area contributed by atoms with E-state index in [-0.39, 0.29) is 17.7 Å². The maximum Gasteiger partial charge on any atom is 0.142 e. The summed E-state index contributed by atoms with van der Waals surface area (Å²) in [6.45, 7) is 0.680. The van der Waals surface area contributed by atoms with Crippen molar-refractivity contribution in [1.29, 1.82) is 0 Å². The van der Waals surface area contributed by atoms with E-state index in [1.165, 1.54) is 0 Å². The summed E-state index contributed by atoms with van der Waals surface area (Å²) >= 11 is 6.13. The van der Waals surface area contributed by atoms with Gasteiger partial charge in [-0.15, -0.1) is 0 Å². The van der Waals surface area contributed by atoms with E-state index in [9.17, 15) is 4.79 Å². The van der Waals surface area contributed by atoms with Gasteiger partial charge in [0, 0.05) is 35.4 Å². The maximum absolute atomic E-state index is 12.5. The number of ether oxygens (including phenoxy) is 1. The Bertz CT molecular complexity index is 529. The lowest BCUT2D eigenvalue weighted by atomic mass is 9.80. The number of carbonyl (C=O) groups excluding carboxylic acids is 1. The lowest BCUT2D eigenvalue weighted by molar-refractivity contribution is -0.123. The van der Waals surface area contributed by atoms with Crippen molar-refractivity contribution in [1.82, 2.24) is 0 Å². The predicted octanol–water partition coefficient (Wildman–Crippen LogP) is 2.90.